The average Bonchev–Trinajstić information content (AvgIpc) is 3.16. The number of hydrogen-bond acceptors (Lipinski definition) is 3. The third kappa shape index (κ3) is 4.78. The minimum Gasteiger partial charge on any atom is -0.480 e. The third-order valence-corrected chi connectivity index (χ3v) is 4.06. The smallest absolute Gasteiger partial charge is 0.320 e. The third-order valence-electron chi connectivity index (χ3n) is 4.06. The van der Waals surface area contributed by atoms with Crippen LogP contribution in [0.2, 0.25) is 0 Å². The second-order valence-electron chi connectivity index (χ2n) is 6.40. The van der Waals surface area contributed by atoms with Crippen molar-refractivity contribution in [3.05, 3.63) is 0 Å². The van der Waals surface area contributed by atoms with Crippen molar-refractivity contribution < 1.29 is 14.7 Å². The fourth-order valence-corrected chi connectivity index (χ4v) is 2.48. The molecule has 5 nitrogen and oxygen atoms in total. The van der Waals surface area contributed by atoms with E-state index in [1.54, 1.807) is 11.8 Å². The van der Waals surface area contributed by atoms with Crippen molar-refractivity contribution in [3.63, 3.8) is 0 Å². The highest BCUT2D eigenvalue weighted by Crippen LogP contribution is 2.28. The van der Waals surface area contributed by atoms with Crippen LogP contribution in [0.5, 0.6) is 0 Å². The van der Waals surface area contributed by atoms with Crippen molar-refractivity contribution in [2.75, 3.05) is 13.6 Å². The molecule has 0 aromatic rings. The van der Waals surface area contributed by atoms with Crippen LogP contribution in [0.15, 0.2) is 0 Å². The predicted octanol–water partition coefficient (Wildman–Crippen LogP) is 1.82. The van der Waals surface area contributed by atoms with Crippen molar-refractivity contribution in [2.45, 2.75) is 65.1 Å². The largest absolute Gasteiger partial charge is 0.480 e. The summed E-state index contributed by atoms with van der Waals surface area (Å²) in [5.41, 5.74) is 0. The van der Waals surface area contributed by atoms with Crippen molar-refractivity contribution >= 4 is 11.9 Å². The molecule has 0 saturated heterocycles. The van der Waals surface area contributed by atoms with Crippen LogP contribution in [0.4, 0.5) is 0 Å². The lowest BCUT2D eigenvalue weighted by molar-refractivity contribution is -0.144. The molecule has 2 unspecified atom stereocenters. The number of carboxylic acids is 1. The van der Waals surface area contributed by atoms with E-state index in [9.17, 15) is 9.59 Å². The van der Waals surface area contributed by atoms with Gasteiger partial charge in [-0.2, -0.15) is 0 Å². The van der Waals surface area contributed by atoms with Crippen molar-refractivity contribution in [3.8, 4) is 0 Å². The normalized spacial score (nSPS) is 18.1. The monoisotopic (exact) mass is 284 g/mol. The van der Waals surface area contributed by atoms with E-state index in [4.69, 9.17) is 5.11 Å². The minimum absolute atomic E-state index is 0.0122. The number of hydrogen-bond donors (Lipinski definition) is 1. The van der Waals surface area contributed by atoms with E-state index in [1.807, 2.05) is 18.9 Å². The first-order valence-electron chi connectivity index (χ1n) is 7.48. The van der Waals surface area contributed by atoms with Gasteiger partial charge in [0.1, 0.15) is 6.04 Å². The van der Waals surface area contributed by atoms with Crippen LogP contribution < -0.4 is 0 Å². The first-order valence-corrected chi connectivity index (χ1v) is 7.48. The molecule has 20 heavy (non-hydrogen) atoms. The Kier molecular flexibility index (Phi) is 5.99. The molecule has 1 saturated carbocycles. The molecule has 0 aromatic carbocycles. The number of likely N-dealkylation sites (N-methyl/N-ethyl adjacent to an activating group) is 1. The Morgan fingerprint density at radius 1 is 1.20 bits per heavy atom. The van der Waals surface area contributed by atoms with Crippen molar-refractivity contribution in [1.82, 2.24) is 9.80 Å². The summed E-state index contributed by atoms with van der Waals surface area (Å²) < 4.78 is 0. The molecule has 1 amide bonds. The maximum absolute atomic E-state index is 12.3. The highest BCUT2D eigenvalue weighted by atomic mass is 16.4. The van der Waals surface area contributed by atoms with Crippen LogP contribution in [0.1, 0.15) is 47.0 Å². The van der Waals surface area contributed by atoms with Gasteiger partial charge >= 0.3 is 5.97 Å². The van der Waals surface area contributed by atoms with Gasteiger partial charge in [0.2, 0.25) is 5.91 Å². The fourth-order valence-electron chi connectivity index (χ4n) is 2.48. The van der Waals surface area contributed by atoms with Crippen LogP contribution in [-0.2, 0) is 9.59 Å². The number of carbonyl (C=O) groups is 2. The second kappa shape index (κ2) is 7.07. The lowest BCUT2D eigenvalue weighted by Crippen LogP contribution is -2.48. The van der Waals surface area contributed by atoms with E-state index in [-0.39, 0.29) is 24.5 Å². The fraction of sp³-hybridized carbons (Fsp3) is 0.867. The molecular formula is C15H28N2O3. The van der Waals surface area contributed by atoms with Gasteiger partial charge in [-0.1, -0.05) is 13.8 Å². The van der Waals surface area contributed by atoms with Gasteiger partial charge in [-0.25, -0.2) is 0 Å². The molecule has 0 bridgehead atoms. The topological polar surface area (TPSA) is 60.9 Å². The van der Waals surface area contributed by atoms with Gasteiger partial charge in [-0.05, 0) is 39.0 Å². The van der Waals surface area contributed by atoms with Crippen LogP contribution in [0, 0.1) is 5.92 Å². The Morgan fingerprint density at radius 2 is 1.75 bits per heavy atom. The Labute approximate surface area is 121 Å². The highest BCUT2D eigenvalue weighted by Gasteiger charge is 2.36. The molecular weight excluding hydrogens is 256 g/mol. The Morgan fingerprint density at radius 3 is 2.15 bits per heavy atom. The zero-order valence-electron chi connectivity index (χ0n) is 13.3. The molecule has 0 aromatic heterocycles. The van der Waals surface area contributed by atoms with Crippen molar-refractivity contribution in [1.29, 1.82) is 0 Å². The summed E-state index contributed by atoms with van der Waals surface area (Å²) >= 11 is 0. The minimum atomic E-state index is -0.859. The van der Waals surface area contributed by atoms with Crippen LogP contribution in [0.3, 0.4) is 0 Å². The number of carbonyl (C=O) groups excluding carboxylic acids is 1. The quantitative estimate of drug-likeness (QED) is 0.738. The summed E-state index contributed by atoms with van der Waals surface area (Å²) in [6.07, 6.45) is 2.95. The molecule has 0 aliphatic heterocycles. The molecule has 0 spiro atoms. The van der Waals surface area contributed by atoms with E-state index < -0.39 is 12.0 Å². The summed E-state index contributed by atoms with van der Waals surface area (Å²) in [6.45, 7) is 8.18. The maximum Gasteiger partial charge on any atom is 0.320 e. The van der Waals surface area contributed by atoms with Gasteiger partial charge in [-0.15, -0.1) is 0 Å². The van der Waals surface area contributed by atoms with Gasteiger partial charge in [0.25, 0.3) is 0 Å². The molecule has 1 N–H and O–H groups in total. The van der Waals surface area contributed by atoms with Gasteiger partial charge in [0.15, 0.2) is 0 Å². The average molecular weight is 284 g/mol. The zero-order chi connectivity index (χ0) is 15.4. The molecule has 116 valence electrons. The first-order chi connectivity index (χ1) is 9.23. The van der Waals surface area contributed by atoms with Crippen LogP contribution >= 0.6 is 0 Å². The zero-order valence-corrected chi connectivity index (χ0v) is 13.3. The number of amides is 1. The summed E-state index contributed by atoms with van der Waals surface area (Å²) in [5.74, 6) is -0.307. The standard InChI is InChI=1S/C15H28N2O3/c1-10(2)8-11(3)16(5)14(18)9-17(13-6-7-13)12(4)15(19)20/h10-13H,6-9H2,1-5H3,(H,19,20). The SMILES string of the molecule is CC(C)CC(C)N(C)C(=O)CN(C1CC1)C(C)C(=O)O. The van der Waals surface area contributed by atoms with Gasteiger partial charge in [0, 0.05) is 19.1 Å². The van der Waals surface area contributed by atoms with Crippen LogP contribution in [0.25, 0.3) is 0 Å². The predicted molar refractivity (Wildman–Crippen MR) is 78.5 cm³/mol. The molecule has 0 heterocycles. The van der Waals surface area contributed by atoms with Gasteiger partial charge in [-0.3, -0.25) is 14.5 Å². The lowest BCUT2D eigenvalue weighted by Gasteiger charge is -2.31. The highest BCUT2D eigenvalue weighted by molar-refractivity contribution is 5.80. The van der Waals surface area contributed by atoms with E-state index in [0.29, 0.717) is 5.92 Å². The summed E-state index contributed by atoms with van der Waals surface area (Å²) in [4.78, 5) is 27.0. The number of aliphatic carboxylic acids is 1. The van der Waals surface area contributed by atoms with E-state index in [0.717, 1.165) is 19.3 Å². The Balaban J connectivity index is 2.59. The first kappa shape index (κ1) is 17.0. The number of carboxylic acid groups (broad SMARTS) is 1. The molecule has 1 rings (SSSR count). The molecule has 5 heteroatoms. The molecule has 1 fully saturated rings. The molecule has 1 aliphatic rings. The number of nitrogens with zero attached hydrogens (tertiary/aromatic N) is 2. The van der Waals surface area contributed by atoms with Crippen LogP contribution in [-0.4, -0.2) is 58.5 Å². The molecule has 1 aliphatic carbocycles. The summed E-state index contributed by atoms with van der Waals surface area (Å²) in [5, 5.41) is 9.14. The Bertz CT molecular complexity index is 353. The Hall–Kier alpha value is -1.10. The van der Waals surface area contributed by atoms with Crippen molar-refractivity contribution in [2.24, 2.45) is 5.92 Å². The van der Waals surface area contributed by atoms with E-state index in [1.165, 1.54) is 0 Å². The molecule has 2 atom stereocenters. The maximum atomic E-state index is 12.3. The molecule has 0 radical (unpaired) electrons. The van der Waals surface area contributed by atoms with E-state index in [2.05, 4.69) is 13.8 Å². The summed E-state index contributed by atoms with van der Waals surface area (Å²) in [7, 11) is 1.81. The lowest BCUT2D eigenvalue weighted by atomic mass is 10.0. The van der Waals surface area contributed by atoms with Gasteiger partial charge < -0.3 is 10.0 Å². The summed E-state index contributed by atoms with van der Waals surface area (Å²) in [6, 6.07) is -0.150. The number of rotatable bonds is 8. The second-order valence-corrected chi connectivity index (χ2v) is 6.40. The van der Waals surface area contributed by atoms with Gasteiger partial charge in [0.05, 0.1) is 6.54 Å². The van der Waals surface area contributed by atoms with E-state index >= 15 is 0 Å².